The Bertz CT molecular complexity index is 1300. The highest BCUT2D eigenvalue weighted by molar-refractivity contribution is 7.89. The van der Waals surface area contributed by atoms with Gasteiger partial charge in [0.2, 0.25) is 15.9 Å². The van der Waals surface area contributed by atoms with Gasteiger partial charge in [-0.3, -0.25) is 4.79 Å². The lowest BCUT2D eigenvalue weighted by atomic mass is 10.0. The Morgan fingerprint density at radius 2 is 1.78 bits per heavy atom. The molecule has 198 valence electrons. The average molecular weight is 543 g/mol. The van der Waals surface area contributed by atoms with E-state index in [1.807, 2.05) is 56.5 Å². The van der Waals surface area contributed by atoms with Crippen molar-refractivity contribution in [1.29, 1.82) is 0 Å². The number of sulfonamides is 1. The number of aryl methyl sites for hydroxylation is 1. The molecule has 0 saturated heterocycles. The Balaban J connectivity index is 1.58. The Labute approximate surface area is 223 Å². The predicted octanol–water partition coefficient (Wildman–Crippen LogP) is 5.06. The number of methoxy groups -OCH3 is 1. The minimum Gasteiger partial charge on any atom is -0.497 e. The summed E-state index contributed by atoms with van der Waals surface area (Å²) in [6, 6.07) is 15.5. The summed E-state index contributed by atoms with van der Waals surface area (Å²) in [5.74, 6) is 1.08. The van der Waals surface area contributed by atoms with Gasteiger partial charge < -0.3 is 14.4 Å². The fraction of sp³-hybridized carbons (Fsp3) is 0.393. The zero-order valence-electron chi connectivity index (χ0n) is 21.7. The first-order valence-electron chi connectivity index (χ1n) is 12.5. The Kier molecular flexibility index (Phi) is 8.56. The first-order chi connectivity index (χ1) is 17.7. The lowest BCUT2D eigenvalue weighted by Gasteiger charge is -2.37. The van der Waals surface area contributed by atoms with Crippen molar-refractivity contribution in [1.82, 2.24) is 9.21 Å². The van der Waals surface area contributed by atoms with Gasteiger partial charge in [-0.15, -0.1) is 11.3 Å². The number of hydrogen-bond donors (Lipinski definition) is 0. The highest BCUT2D eigenvalue weighted by atomic mass is 32.2. The molecular weight excluding hydrogens is 508 g/mol. The van der Waals surface area contributed by atoms with Crippen LogP contribution in [0.2, 0.25) is 0 Å². The van der Waals surface area contributed by atoms with Gasteiger partial charge in [0.1, 0.15) is 18.1 Å². The van der Waals surface area contributed by atoms with Crippen molar-refractivity contribution in [2.24, 2.45) is 0 Å². The van der Waals surface area contributed by atoms with Crippen LogP contribution >= 0.6 is 11.3 Å². The fourth-order valence-electron chi connectivity index (χ4n) is 4.47. The first-order valence-corrected chi connectivity index (χ1v) is 14.8. The van der Waals surface area contributed by atoms with Crippen LogP contribution in [0.4, 0.5) is 0 Å². The average Bonchev–Trinajstić information content (AvgIpc) is 3.40. The van der Waals surface area contributed by atoms with Crippen LogP contribution in [0.5, 0.6) is 11.5 Å². The van der Waals surface area contributed by atoms with Crippen molar-refractivity contribution in [3.8, 4) is 11.5 Å². The summed E-state index contributed by atoms with van der Waals surface area (Å²) in [5, 5.41) is 2.04. The van der Waals surface area contributed by atoms with Crippen LogP contribution in [-0.2, 0) is 21.2 Å². The third kappa shape index (κ3) is 6.00. The molecule has 1 aliphatic heterocycles. The molecule has 2 aromatic carbocycles. The number of nitrogens with zero attached hydrogens (tertiary/aromatic N) is 2. The number of ether oxygens (including phenoxy) is 2. The van der Waals surface area contributed by atoms with E-state index in [2.05, 4.69) is 0 Å². The third-order valence-electron chi connectivity index (χ3n) is 6.88. The molecule has 7 nitrogen and oxygen atoms in total. The van der Waals surface area contributed by atoms with Crippen molar-refractivity contribution >= 4 is 27.3 Å². The van der Waals surface area contributed by atoms with Crippen molar-refractivity contribution in [2.75, 3.05) is 26.8 Å². The van der Waals surface area contributed by atoms with Crippen molar-refractivity contribution in [3.63, 3.8) is 0 Å². The number of carbonyl (C=O) groups is 1. The number of amides is 1. The number of rotatable bonds is 10. The van der Waals surface area contributed by atoms with E-state index >= 15 is 0 Å². The third-order valence-corrected chi connectivity index (χ3v) is 9.85. The van der Waals surface area contributed by atoms with Crippen LogP contribution in [0, 0.1) is 6.92 Å². The maximum absolute atomic E-state index is 13.8. The number of thiophene rings is 1. The molecule has 0 aliphatic carbocycles. The lowest BCUT2D eigenvalue weighted by molar-refractivity contribution is -0.135. The molecule has 2 atom stereocenters. The highest BCUT2D eigenvalue weighted by Gasteiger charge is 2.36. The summed E-state index contributed by atoms with van der Waals surface area (Å²) in [7, 11) is -2.36. The Morgan fingerprint density at radius 3 is 2.43 bits per heavy atom. The van der Waals surface area contributed by atoms with E-state index in [0.29, 0.717) is 25.3 Å². The molecule has 9 heteroatoms. The van der Waals surface area contributed by atoms with E-state index in [1.54, 1.807) is 28.4 Å². The van der Waals surface area contributed by atoms with Gasteiger partial charge in [0.15, 0.2) is 0 Å². The van der Waals surface area contributed by atoms with Gasteiger partial charge in [0, 0.05) is 17.5 Å². The van der Waals surface area contributed by atoms with Gasteiger partial charge in [-0.1, -0.05) is 24.6 Å². The van der Waals surface area contributed by atoms with E-state index in [-0.39, 0.29) is 29.4 Å². The standard InChI is InChI=1S/C28H34N2O5S2/c1-5-21(3)30(37(32,33)24-12-10-22(34-4)11-13-24)18-28(31)29-16-14-27-25(15-17-36-27)26(29)19-35-23-8-6-20(2)7-9-23/h6-13,15,17,21,26H,5,14,16,18-19H2,1-4H3/t21-,26+/m0/s1. The van der Waals surface area contributed by atoms with Gasteiger partial charge in [0.05, 0.1) is 24.6 Å². The van der Waals surface area contributed by atoms with Gasteiger partial charge in [-0.2, -0.15) is 4.31 Å². The highest BCUT2D eigenvalue weighted by Crippen LogP contribution is 2.34. The van der Waals surface area contributed by atoms with E-state index < -0.39 is 10.0 Å². The zero-order chi connectivity index (χ0) is 26.6. The Morgan fingerprint density at radius 1 is 1.11 bits per heavy atom. The van der Waals surface area contributed by atoms with Crippen LogP contribution in [-0.4, -0.2) is 56.4 Å². The number of carbonyl (C=O) groups excluding carboxylic acids is 1. The minimum absolute atomic E-state index is 0.138. The monoisotopic (exact) mass is 542 g/mol. The molecule has 2 heterocycles. The minimum atomic E-state index is -3.90. The lowest BCUT2D eigenvalue weighted by Crippen LogP contribution is -2.49. The van der Waals surface area contributed by atoms with Gasteiger partial charge in [-0.25, -0.2) is 8.42 Å². The molecule has 37 heavy (non-hydrogen) atoms. The predicted molar refractivity (Wildman–Crippen MR) is 146 cm³/mol. The van der Waals surface area contributed by atoms with E-state index in [1.165, 1.54) is 28.4 Å². The largest absolute Gasteiger partial charge is 0.497 e. The molecule has 0 bridgehead atoms. The van der Waals surface area contributed by atoms with Crippen LogP contribution in [0.15, 0.2) is 64.9 Å². The SMILES string of the molecule is CC[C@H](C)N(CC(=O)N1CCc2sccc2[C@H]1COc1ccc(C)cc1)S(=O)(=O)c1ccc(OC)cc1. The van der Waals surface area contributed by atoms with Gasteiger partial charge >= 0.3 is 0 Å². The quantitative estimate of drug-likeness (QED) is 0.358. The second kappa shape index (κ2) is 11.7. The summed E-state index contributed by atoms with van der Waals surface area (Å²) >= 11 is 1.68. The van der Waals surface area contributed by atoms with Crippen LogP contribution in [0.1, 0.15) is 42.3 Å². The molecule has 1 aromatic heterocycles. The molecule has 0 radical (unpaired) electrons. The second-order valence-electron chi connectivity index (χ2n) is 9.26. The molecule has 1 amide bonds. The maximum atomic E-state index is 13.8. The fourth-order valence-corrected chi connectivity index (χ4v) is 7.06. The van der Waals surface area contributed by atoms with Crippen LogP contribution in [0.25, 0.3) is 0 Å². The van der Waals surface area contributed by atoms with Gasteiger partial charge in [-0.05, 0) is 80.1 Å². The maximum Gasteiger partial charge on any atom is 0.243 e. The number of fused-ring (bicyclic) bond motifs is 1. The summed E-state index contributed by atoms with van der Waals surface area (Å²) in [6.45, 7) is 6.36. The Hall–Kier alpha value is -2.88. The van der Waals surface area contributed by atoms with Crippen molar-refractivity contribution < 1.29 is 22.7 Å². The van der Waals surface area contributed by atoms with E-state index in [4.69, 9.17) is 9.47 Å². The second-order valence-corrected chi connectivity index (χ2v) is 12.2. The van der Waals surface area contributed by atoms with Crippen LogP contribution in [0.3, 0.4) is 0 Å². The van der Waals surface area contributed by atoms with Crippen LogP contribution < -0.4 is 9.47 Å². The summed E-state index contributed by atoms with van der Waals surface area (Å²) < 4.78 is 39.8. The van der Waals surface area contributed by atoms with E-state index in [0.717, 1.165) is 23.3 Å². The molecule has 0 saturated carbocycles. The number of hydrogen-bond acceptors (Lipinski definition) is 6. The molecular formula is C28H34N2O5S2. The topological polar surface area (TPSA) is 76.2 Å². The summed E-state index contributed by atoms with van der Waals surface area (Å²) in [5.41, 5.74) is 2.22. The normalized spacial score (nSPS) is 16.4. The summed E-state index contributed by atoms with van der Waals surface area (Å²) in [4.78, 5) is 16.9. The first kappa shape index (κ1) is 27.2. The molecule has 1 aliphatic rings. The summed E-state index contributed by atoms with van der Waals surface area (Å²) in [6.07, 6.45) is 1.33. The number of benzene rings is 2. The molecule has 3 aromatic rings. The van der Waals surface area contributed by atoms with E-state index in [9.17, 15) is 13.2 Å². The molecule has 4 rings (SSSR count). The van der Waals surface area contributed by atoms with Gasteiger partial charge in [0.25, 0.3) is 0 Å². The zero-order valence-corrected chi connectivity index (χ0v) is 23.3. The van der Waals surface area contributed by atoms with Crippen molar-refractivity contribution in [2.45, 2.75) is 50.6 Å². The molecule has 0 spiro atoms. The molecule has 0 N–H and O–H groups in total. The molecule has 0 fully saturated rings. The molecule has 0 unspecified atom stereocenters. The van der Waals surface area contributed by atoms with Crippen molar-refractivity contribution in [3.05, 3.63) is 76.0 Å². The smallest absolute Gasteiger partial charge is 0.243 e.